The monoisotopic (exact) mass is 259 g/mol. The van der Waals surface area contributed by atoms with E-state index in [-0.39, 0.29) is 0 Å². The second-order valence-corrected chi connectivity index (χ2v) is 4.32. The van der Waals surface area contributed by atoms with Gasteiger partial charge in [-0.05, 0) is 37.6 Å². The summed E-state index contributed by atoms with van der Waals surface area (Å²) in [4.78, 5) is 0. The number of nitrogens with one attached hydrogen (secondary N) is 1. The third-order valence-corrected chi connectivity index (χ3v) is 2.95. The Morgan fingerprint density at radius 2 is 2.11 bits per heavy atom. The van der Waals surface area contributed by atoms with Crippen molar-refractivity contribution in [1.82, 2.24) is 15.1 Å². The molecule has 0 atom stereocenters. The first-order valence-electron chi connectivity index (χ1n) is 6.76. The topological polar surface area (TPSA) is 39.1 Å². The molecule has 1 N–H and O–H groups in total. The van der Waals surface area contributed by atoms with Gasteiger partial charge in [0.2, 0.25) is 0 Å². The van der Waals surface area contributed by atoms with E-state index in [9.17, 15) is 0 Å². The standard InChI is InChI=1S/C15H21N3O/c1-3-18-14(8-9-17-18)12-16-11-13-6-5-7-15(10-13)19-4-2/h5-10,16H,3-4,11-12H2,1-2H3. The minimum Gasteiger partial charge on any atom is -0.494 e. The highest BCUT2D eigenvalue weighted by Crippen LogP contribution is 2.13. The van der Waals surface area contributed by atoms with Crippen LogP contribution >= 0.6 is 0 Å². The largest absolute Gasteiger partial charge is 0.494 e. The molecule has 2 aromatic rings. The maximum atomic E-state index is 5.49. The lowest BCUT2D eigenvalue weighted by atomic mass is 10.2. The van der Waals surface area contributed by atoms with Crippen LogP contribution < -0.4 is 10.1 Å². The molecule has 0 spiro atoms. The van der Waals surface area contributed by atoms with Crippen LogP contribution in [0.2, 0.25) is 0 Å². The molecule has 0 bridgehead atoms. The highest BCUT2D eigenvalue weighted by molar-refractivity contribution is 5.28. The van der Waals surface area contributed by atoms with Gasteiger partial charge in [0.1, 0.15) is 5.75 Å². The van der Waals surface area contributed by atoms with E-state index >= 15 is 0 Å². The van der Waals surface area contributed by atoms with Gasteiger partial charge in [-0.2, -0.15) is 5.10 Å². The average Bonchev–Trinajstić information content (AvgIpc) is 2.87. The molecule has 0 saturated heterocycles. The summed E-state index contributed by atoms with van der Waals surface area (Å²) in [6.45, 7) is 7.36. The van der Waals surface area contributed by atoms with Crippen molar-refractivity contribution in [3.8, 4) is 5.75 Å². The summed E-state index contributed by atoms with van der Waals surface area (Å²) in [6, 6.07) is 10.2. The summed E-state index contributed by atoms with van der Waals surface area (Å²) >= 11 is 0. The molecule has 102 valence electrons. The second kappa shape index (κ2) is 6.95. The van der Waals surface area contributed by atoms with Gasteiger partial charge in [0.25, 0.3) is 0 Å². The zero-order valence-corrected chi connectivity index (χ0v) is 11.6. The fourth-order valence-corrected chi connectivity index (χ4v) is 2.04. The van der Waals surface area contributed by atoms with Crippen molar-refractivity contribution in [2.75, 3.05) is 6.61 Å². The molecule has 0 saturated carbocycles. The highest BCUT2D eigenvalue weighted by Gasteiger charge is 2.01. The molecule has 2 rings (SSSR count). The van der Waals surface area contributed by atoms with Crippen molar-refractivity contribution in [3.05, 3.63) is 47.8 Å². The van der Waals surface area contributed by atoms with Gasteiger partial charge >= 0.3 is 0 Å². The summed E-state index contributed by atoms with van der Waals surface area (Å²) < 4.78 is 7.50. The van der Waals surface area contributed by atoms with Gasteiger partial charge in [0.15, 0.2) is 0 Å². The van der Waals surface area contributed by atoms with Crippen LogP contribution in [-0.4, -0.2) is 16.4 Å². The maximum Gasteiger partial charge on any atom is 0.119 e. The Kier molecular flexibility index (Phi) is 4.98. The molecule has 0 aliphatic rings. The van der Waals surface area contributed by atoms with E-state index < -0.39 is 0 Å². The quantitative estimate of drug-likeness (QED) is 0.830. The van der Waals surface area contributed by atoms with Gasteiger partial charge in [-0.25, -0.2) is 0 Å². The van der Waals surface area contributed by atoms with Crippen LogP contribution in [0.3, 0.4) is 0 Å². The third-order valence-electron chi connectivity index (χ3n) is 2.95. The summed E-state index contributed by atoms with van der Waals surface area (Å²) in [5, 5.41) is 7.69. The Morgan fingerprint density at radius 3 is 2.89 bits per heavy atom. The van der Waals surface area contributed by atoms with Crippen molar-refractivity contribution in [3.63, 3.8) is 0 Å². The Morgan fingerprint density at radius 1 is 1.21 bits per heavy atom. The zero-order valence-electron chi connectivity index (χ0n) is 11.6. The molecule has 4 heteroatoms. The summed E-state index contributed by atoms with van der Waals surface area (Å²) in [7, 11) is 0. The van der Waals surface area contributed by atoms with Gasteiger partial charge in [0.05, 0.1) is 12.3 Å². The van der Waals surface area contributed by atoms with Crippen LogP contribution in [0.15, 0.2) is 36.5 Å². The Balaban J connectivity index is 1.87. The molecule has 0 radical (unpaired) electrons. The van der Waals surface area contributed by atoms with Crippen molar-refractivity contribution in [2.24, 2.45) is 0 Å². The van der Waals surface area contributed by atoms with Crippen LogP contribution in [0.4, 0.5) is 0 Å². The number of rotatable bonds is 7. The van der Waals surface area contributed by atoms with Crippen LogP contribution in [0, 0.1) is 0 Å². The molecule has 0 amide bonds. The number of hydrogen-bond donors (Lipinski definition) is 1. The van der Waals surface area contributed by atoms with Gasteiger partial charge in [-0.3, -0.25) is 4.68 Å². The van der Waals surface area contributed by atoms with Crippen molar-refractivity contribution in [2.45, 2.75) is 33.5 Å². The first-order valence-corrected chi connectivity index (χ1v) is 6.76. The lowest BCUT2D eigenvalue weighted by Gasteiger charge is -2.08. The molecular weight excluding hydrogens is 238 g/mol. The summed E-state index contributed by atoms with van der Waals surface area (Å²) in [6.07, 6.45) is 1.84. The molecule has 0 fully saturated rings. The van der Waals surface area contributed by atoms with E-state index in [0.717, 1.165) is 25.4 Å². The molecule has 0 aliphatic carbocycles. The molecule has 1 heterocycles. The fraction of sp³-hybridized carbons (Fsp3) is 0.400. The fourth-order valence-electron chi connectivity index (χ4n) is 2.04. The first kappa shape index (κ1) is 13.6. The summed E-state index contributed by atoms with van der Waals surface area (Å²) in [5.74, 6) is 0.931. The Bertz CT molecular complexity index is 508. The van der Waals surface area contributed by atoms with E-state index in [2.05, 4.69) is 29.5 Å². The Labute approximate surface area is 114 Å². The van der Waals surface area contributed by atoms with E-state index in [4.69, 9.17) is 4.74 Å². The van der Waals surface area contributed by atoms with Crippen molar-refractivity contribution in [1.29, 1.82) is 0 Å². The van der Waals surface area contributed by atoms with Crippen LogP contribution in [0.25, 0.3) is 0 Å². The number of aryl methyl sites for hydroxylation is 1. The van der Waals surface area contributed by atoms with E-state index in [0.29, 0.717) is 6.61 Å². The molecular formula is C15H21N3O. The number of nitrogens with zero attached hydrogens (tertiary/aromatic N) is 2. The minimum absolute atomic E-state index is 0.701. The second-order valence-electron chi connectivity index (χ2n) is 4.32. The first-order chi connectivity index (χ1) is 9.33. The zero-order chi connectivity index (χ0) is 13.5. The average molecular weight is 259 g/mol. The molecule has 1 aromatic carbocycles. The molecule has 1 aromatic heterocycles. The minimum atomic E-state index is 0.701. The molecule has 0 unspecified atom stereocenters. The maximum absolute atomic E-state index is 5.49. The molecule has 19 heavy (non-hydrogen) atoms. The van der Waals surface area contributed by atoms with Gasteiger partial charge in [0, 0.05) is 25.8 Å². The summed E-state index contributed by atoms with van der Waals surface area (Å²) in [5.41, 5.74) is 2.44. The van der Waals surface area contributed by atoms with E-state index in [1.807, 2.05) is 36.0 Å². The lowest BCUT2D eigenvalue weighted by molar-refractivity contribution is 0.340. The lowest BCUT2D eigenvalue weighted by Crippen LogP contribution is -2.16. The van der Waals surface area contributed by atoms with Crippen molar-refractivity contribution >= 4 is 0 Å². The predicted octanol–water partition coefficient (Wildman–Crippen LogP) is 2.59. The highest BCUT2D eigenvalue weighted by atomic mass is 16.5. The SMILES string of the molecule is CCOc1cccc(CNCc2ccnn2CC)c1. The van der Waals surface area contributed by atoms with Gasteiger partial charge in [-0.1, -0.05) is 12.1 Å². The van der Waals surface area contributed by atoms with Crippen LogP contribution in [0.5, 0.6) is 5.75 Å². The number of benzene rings is 1. The van der Waals surface area contributed by atoms with E-state index in [1.54, 1.807) is 0 Å². The van der Waals surface area contributed by atoms with Crippen molar-refractivity contribution < 1.29 is 4.74 Å². The number of ether oxygens (including phenoxy) is 1. The van der Waals surface area contributed by atoms with E-state index in [1.165, 1.54) is 11.3 Å². The normalized spacial score (nSPS) is 10.6. The Hall–Kier alpha value is -1.81. The van der Waals surface area contributed by atoms with Gasteiger partial charge < -0.3 is 10.1 Å². The van der Waals surface area contributed by atoms with Gasteiger partial charge in [-0.15, -0.1) is 0 Å². The number of hydrogen-bond acceptors (Lipinski definition) is 3. The number of aromatic nitrogens is 2. The molecule has 0 aliphatic heterocycles. The smallest absolute Gasteiger partial charge is 0.119 e. The molecule has 4 nitrogen and oxygen atoms in total. The van der Waals surface area contributed by atoms with Crippen LogP contribution in [-0.2, 0) is 19.6 Å². The predicted molar refractivity (Wildman–Crippen MR) is 76.1 cm³/mol. The van der Waals surface area contributed by atoms with Crippen LogP contribution in [0.1, 0.15) is 25.1 Å². The third kappa shape index (κ3) is 3.83.